The zero-order valence-electron chi connectivity index (χ0n) is 8.73. The van der Waals surface area contributed by atoms with E-state index >= 15 is 0 Å². The van der Waals surface area contributed by atoms with E-state index in [0.29, 0.717) is 18.0 Å². The van der Waals surface area contributed by atoms with E-state index in [2.05, 4.69) is 34.5 Å². The third-order valence-corrected chi connectivity index (χ3v) is 4.22. The molecule has 0 bridgehead atoms. The van der Waals surface area contributed by atoms with Crippen LogP contribution in [-0.2, 0) is 0 Å². The summed E-state index contributed by atoms with van der Waals surface area (Å²) in [4.78, 5) is 3.55. The average Bonchev–Trinajstić information content (AvgIpc) is 2.69. The summed E-state index contributed by atoms with van der Waals surface area (Å²) in [6.07, 6.45) is 11.3. The first-order chi connectivity index (χ1) is 7.36. The molecule has 0 aromatic rings. The highest BCUT2D eigenvalue weighted by Gasteiger charge is 2.35. The van der Waals surface area contributed by atoms with Gasteiger partial charge in [-0.25, -0.2) is 0 Å². The second-order valence-electron chi connectivity index (χ2n) is 4.55. The maximum atomic E-state index is 5.64. The molecule has 15 heavy (non-hydrogen) atoms. The number of rotatable bonds is 0. The third-order valence-electron chi connectivity index (χ3n) is 3.68. The molecule has 1 saturated heterocycles. The quantitative estimate of drug-likeness (QED) is 0.492. The Morgan fingerprint density at radius 1 is 1.27 bits per heavy atom. The van der Waals surface area contributed by atoms with Gasteiger partial charge in [-0.3, -0.25) is 0 Å². The van der Waals surface area contributed by atoms with Gasteiger partial charge in [0.25, 0.3) is 0 Å². The first-order valence-corrected chi connectivity index (χ1v) is 6.12. The van der Waals surface area contributed by atoms with Crippen molar-refractivity contribution in [2.75, 3.05) is 13.1 Å². The Morgan fingerprint density at radius 2 is 2.13 bits per heavy atom. The number of nitrogens with one attached hydrogen (secondary N) is 1. The van der Waals surface area contributed by atoms with Crippen LogP contribution in [0, 0.1) is 5.92 Å². The highest BCUT2D eigenvalue weighted by molar-refractivity contribution is 7.80. The van der Waals surface area contributed by atoms with Crippen molar-refractivity contribution in [3.05, 3.63) is 24.3 Å². The lowest BCUT2D eigenvalue weighted by Gasteiger charge is -2.30. The van der Waals surface area contributed by atoms with Gasteiger partial charge in [0.2, 0.25) is 0 Å². The first-order valence-electron chi connectivity index (χ1n) is 5.72. The SMILES string of the molecule is S=C1C2CC=CCC2NCC2C=CCN12. The molecule has 2 aliphatic heterocycles. The van der Waals surface area contributed by atoms with Crippen LogP contribution in [0.5, 0.6) is 0 Å². The lowest BCUT2D eigenvalue weighted by Crippen LogP contribution is -2.40. The molecule has 3 heteroatoms. The van der Waals surface area contributed by atoms with Gasteiger partial charge in [-0.1, -0.05) is 36.5 Å². The molecular weight excluding hydrogens is 204 g/mol. The number of fused-ring (bicyclic) bond motifs is 2. The highest BCUT2D eigenvalue weighted by Crippen LogP contribution is 2.27. The van der Waals surface area contributed by atoms with Crippen molar-refractivity contribution >= 4 is 17.2 Å². The summed E-state index contributed by atoms with van der Waals surface area (Å²) >= 11 is 5.64. The topological polar surface area (TPSA) is 15.3 Å². The molecule has 0 aromatic carbocycles. The van der Waals surface area contributed by atoms with Gasteiger partial charge in [0, 0.05) is 25.0 Å². The molecule has 3 atom stereocenters. The van der Waals surface area contributed by atoms with Crippen molar-refractivity contribution in [3.8, 4) is 0 Å². The minimum atomic E-state index is 0.503. The Hall–Kier alpha value is -0.670. The van der Waals surface area contributed by atoms with E-state index < -0.39 is 0 Å². The summed E-state index contributed by atoms with van der Waals surface area (Å²) in [5.41, 5.74) is 0. The minimum Gasteiger partial charge on any atom is -0.354 e. The van der Waals surface area contributed by atoms with E-state index in [0.717, 1.165) is 25.9 Å². The molecule has 1 aliphatic carbocycles. The fraction of sp³-hybridized carbons (Fsp3) is 0.583. The minimum absolute atomic E-state index is 0.503. The van der Waals surface area contributed by atoms with Gasteiger partial charge in [0.15, 0.2) is 0 Å². The molecular formula is C12H16N2S. The molecule has 2 nitrogen and oxygen atoms in total. The summed E-state index contributed by atoms with van der Waals surface area (Å²) in [5.74, 6) is 0.537. The predicted octanol–water partition coefficient (Wildman–Crippen LogP) is 1.49. The van der Waals surface area contributed by atoms with Crippen LogP contribution in [0.3, 0.4) is 0 Å². The van der Waals surface area contributed by atoms with E-state index in [9.17, 15) is 0 Å². The molecule has 2 heterocycles. The Labute approximate surface area is 96.0 Å². The van der Waals surface area contributed by atoms with Crippen LogP contribution in [0.25, 0.3) is 0 Å². The Bertz CT molecular complexity index is 335. The number of hydrogen-bond acceptors (Lipinski definition) is 2. The van der Waals surface area contributed by atoms with Crippen LogP contribution in [0.2, 0.25) is 0 Å². The van der Waals surface area contributed by atoms with Crippen LogP contribution >= 0.6 is 12.2 Å². The van der Waals surface area contributed by atoms with Crippen LogP contribution in [0.1, 0.15) is 12.8 Å². The molecule has 3 unspecified atom stereocenters. The molecule has 0 aromatic heterocycles. The fourth-order valence-corrected chi connectivity index (χ4v) is 3.27. The summed E-state index contributed by atoms with van der Waals surface area (Å²) in [7, 11) is 0. The molecule has 80 valence electrons. The van der Waals surface area contributed by atoms with Gasteiger partial charge >= 0.3 is 0 Å². The Kier molecular flexibility index (Phi) is 2.37. The van der Waals surface area contributed by atoms with Gasteiger partial charge in [0.05, 0.1) is 11.0 Å². The number of nitrogens with zero attached hydrogens (tertiary/aromatic N) is 1. The lowest BCUT2D eigenvalue weighted by atomic mass is 9.89. The Morgan fingerprint density at radius 3 is 3.07 bits per heavy atom. The van der Waals surface area contributed by atoms with Gasteiger partial charge < -0.3 is 10.2 Å². The maximum absolute atomic E-state index is 5.64. The fourth-order valence-electron chi connectivity index (χ4n) is 2.80. The van der Waals surface area contributed by atoms with E-state index in [1.807, 2.05) is 0 Å². The molecule has 1 fully saturated rings. The summed E-state index contributed by atoms with van der Waals surface area (Å²) in [6, 6.07) is 1.07. The second kappa shape index (κ2) is 3.72. The zero-order chi connectivity index (χ0) is 10.3. The third kappa shape index (κ3) is 1.54. The maximum Gasteiger partial charge on any atom is 0.0837 e. The van der Waals surface area contributed by atoms with E-state index in [1.54, 1.807) is 0 Å². The van der Waals surface area contributed by atoms with Crippen molar-refractivity contribution in [2.45, 2.75) is 24.9 Å². The summed E-state index contributed by atoms with van der Waals surface area (Å²) in [5, 5.41) is 3.65. The van der Waals surface area contributed by atoms with Gasteiger partial charge in [-0.15, -0.1) is 0 Å². The largest absolute Gasteiger partial charge is 0.354 e. The van der Waals surface area contributed by atoms with Crippen LogP contribution < -0.4 is 5.32 Å². The van der Waals surface area contributed by atoms with Gasteiger partial charge in [-0.05, 0) is 12.8 Å². The van der Waals surface area contributed by atoms with Crippen molar-refractivity contribution in [1.29, 1.82) is 0 Å². The van der Waals surface area contributed by atoms with E-state index in [4.69, 9.17) is 12.2 Å². The van der Waals surface area contributed by atoms with Gasteiger partial charge in [-0.2, -0.15) is 0 Å². The number of allylic oxidation sites excluding steroid dienone is 1. The molecule has 0 spiro atoms. The lowest BCUT2D eigenvalue weighted by molar-refractivity contribution is 0.412. The van der Waals surface area contributed by atoms with Crippen LogP contribution in [0.4, 0.5) is 0 Å². The predicted molar refractivity (Wildman–Crippen MR) is 65.9 cm³/mol. The van der Waals surface area contributed by atoms with Crippen LogP contribution in [0.15, 0.2) is 24.3 Å². The van der Waals surface area contributed by atoms with Crippen molar-refractivity contribution in [1.82, 2.24) is 10.2 Å². The average molecular weight is 220 g/mol. The van der Waals surface area contributed by atoms with Crippen molar-refractivity contribution in [3.63, 3.8) is 0 Å². The van der Waals surface area contributed by atoms with E-state index in [1.165, 1.54) is 4.99 Å². The first kappa shape index (κ1) is 9.55. The smallest absolute Gasteiger partial charge is 0.0837 e. The van der Waals surface area contributed by atoms with Crippen LogP contribution in [-0.4, -0.2) is 35.1 Å². The molecule has 0 amide bonds. The standard InChI is InChI=1S/C12H16N2S/c15-12-10-5-1-2-6-11(10)13-8-9-4-3-7-14(9)12/h1-4,9-11,13H,5-8H2. The monoisotopic (exact) mass is 220 g/mol. The molecule has 3 aliphatic rings. The second-order valence-corrected chi connectivity index (χ2v) is 4.97. The number of hydrogen-bond donors (Lipinski definition) is 1. The zero-order valence-corrected chi connectivity index (χ0v) is 9.54. The Balaban J connectivity index is 1.87. The molecule has 0 saturated carbocycles. The normalized spacial score (nSPS) is 38.8. The van der Waals surface area contributed by atoms with Crippen molar-refractivity contribution < 1.29 is 0 Å². The highest BCUT2D eigenvalue weighted by atomic mass is 32.1. The molecule has 0 radical (unpaired) electrons. The van der Waals surface area contributed by atoms with Crippen molar-refractivity contribution in [2.24, 2.45) is 5.92 Å². The molecule has 3 rings (SSSR count). The number of thiocarbonyl (C=S) groups is 1. The summed E-state index contributed by atoms with van der Waals surface area (Å²) < 4.78 is 0. The van der Waals surface area contributed by atoms with Gasteiger partial charge in [0.1, 0.15) is 0 Å². The molecule has 1 N–H and O–H groups in total. The summed E-state index contributed by atoms with van der Waals surface area (Å²) in [6.45, 7) is 2.06. The van der Waals surface area contributed by atoms with E-state index in [-0.39, 0.29) is 0 Å².